The van der Waals surface area contributed by atoms with E-state index in [1.165, 1.54) is 0 Å². The summed E-state index contributed by atoms with van der Waals surface area (Å²) in [5.41, 5.74) is 1.20. The first kappa shape index (κ1) is 15.5. The topological polar surface area (TPSA) is 95.5 Å². The number of carboxylic acids is 1. The average molecular weight is 286 g/mol. The number of aliphatic carboxylic acids is 1. The number of hydrogen-bond donors (Lipinski definition) is 3. The van der Waals surface area contributed by atoms with Gasteiger partial charge in [-0.05, 0) is 30.5 Å². The summed E-state index contributed by atoms with van der Waals surface area (Å²) in [4.78, 5) is 10.5. The van der Waals surface area contributed by atoms with Gasteiger partial charge in [-0.3, -0.25) is 9.52 Å². The van der Waals surface area contributed by atoms with Crippen molar-refractivity contribution in [2.45, 2.75) is 26.2 Å². The lowest BCUT2D eigenvalue weighted by atomic mass is 10.1. The van der Waals surface area contributed by atoms with Crippen LogP contribution in [0.15, 0.2) is 24.3 Å². The number of carbonyl (C=O) groups is 1. The third-order valence-electron chi connectivity index (χ3n) is 2.35. The van der Waals surface area contributed by atoms with Gasteiger partial charge in [-0.25, -0.2) is 0 Å². The highest BCUT2D eigenvalue weighted by Gasteiger charge is 2.08. The lowest BCUT2D eigenvalue weighted by molar-refractivity contribution is -0.136. The average Bonchev–Trinajstić information content (AvgIpc) is 2.34. The standard InChI is InChI=1S/C12H18N2O4S/c1-2-8-13-19(17,18)14-11-5-3-4-10(9-11)6-7-12(15)16/h3-5,9,13-14H,2,6-8H2,1H3,(H,15,16). The third kappa shape index (κ3) is 6.21. The van der Waals surface area contributed by atoms with Gasteiger partial charge in [-0.2, -0.15) is 13.1 Å². The molecule has 0 aliphatic heterocycles. The van der Waals surface area contributed by atoms with Gasteiger partial charge in [0.15, 0.2) is 0 Å². The minimum atomic E-state index is -3.56. The van der Waals surface area contributed by atoms with Crippen LogP contribution < -0.4 is 9.44 Å². The number of anilines is 1. The molecule has 0 unspecified atom stereocenters. The van der Waals surface area contributed by atoms with E-state index in [1.54, 1.807) is 24.3 Å². The molecule has 0 aliphatic carbocycles. The summed E-state index contributed by atoms with van der Waals surface area (Å²) < 4.78 is 28.0. The largest absolute Gasteiger partial charge is 0.481 e. The Labute approximate surface area is 113 Å². The van der Waals surface area contributed by atoms with Crippen LogP contribution in [-0.2, 0) is 21.4 Å². The van der Waals surface area contributed by atoms with E-state index < -0.39 is 16.2 Å². The number of rotatable bonds is 8. The summed E-state index contributed by atoms with van der Waals surface area (Å²) in [6, 6.07) is 6.71. The maximum Gasteiger partial charge on any atom is 0.303 e. The molecular formula is C12H18N2O4S. The quantitative estimate of drug-likeness (QED) is 0.672. The zero-order valence-electron chi connectivity index (χ0n) is 10.7. The molecule has 6 nitrogen and oxygen atoms in total. The molecule has 0 radical (unpaired) electrons. The molecule has 0 bridgehead atoms. The molecule has 1 aromatic rings. The first-order valence-corrected chi connectivity index (χ1v) is 7.49. The summed E-state index contributed by atoms with van der Waals surface area (Å²) in [5, 5.41) is 8.61. The van der Waals surface area contributed by atoms with E-state index in [1.807, 2.05) is 6.92 Å². The maximum atomic E-state index is 11.6. The molecule has 0 saturated heterocycles. The number of hydrogen-bond acceptors (Lipinski definition) is 3. The zero-order valence-corrected chi connectivity index (χ0v) is 11.5. The fourth-order valence-electron chi connectivity index (χ4n) is 1.47. The second-order valence-electron chi connectivity index (χ2n) is 4.09. The molecule has 0 fully saturated rings. The van der Waals surface area contributed by atoms with Gasteiger partial charge in [0.05, 0.1) is 5.69 Å². The number of carboxylic acid groups (broad SMARTS) is 1. The van der Waals surface area contributed by atoms with Crippen molar-refractivity contribution in [3.05, 3.63) is 29.8 Å². The van der Waals surface area contributed by atoms with E-state index in [0.717, 1.165) is 5.56 Å². The van der Waals surface area contributed by atoms with Crippen LogP contribution in [0.3, 0.4) is 0 Å². The van der Waals surface area contributed by atoms with Crippen LogP contribution >= 0.6 is 0 Å². The van der Waals surface area contributed by atoms with Crippen molar-refractivity contribution in [2.24, 2.45) is 0 Å². The SMILES string of the molecule is CCCNS(=O)(=O)Nc1cccc(CCC(=O)O)c1. The Kier molecular flexibility index (Phi) is 5.78. The Morgan fingerprint density at radius 1 is 1.37 bits per heavy atom. The van der Waals surface area contributed by atoms with Gasteiger partial charge in [0, 0.05) is 13.0 Å². The van der Waals surface area contributed by atoms with Crippen LogP contribution in [0.4, 0.5) is 5.69 Å². The molecule has 0 amide bonds. The number of aryl methyl sites for hydroxylation is 1. The van der Waals surface area contributed by atoms with Crippen molar-refractivity contribution < 1.29 is 18.3 Å². The third-order valence-corrected chi connectivity index (χ3v) is 3.44. The normalized spacial score (nSPS) is 11.2. The molecule has 0 atom stereocenters. The highest BCUT2D eigenvalue weighted by molar-refractivity contribution is 7.90. The van der Waals surface area contributed by atoms with Crippen LogP contribution in [0.2, 0.25) is 0 Å². The Morgan fingerprint density at radius 3 is 2.74 bits per heavy atom. The molecule has 0 aromatic heterocycles. The van der Waals surface area contributed by atoms with Crippen molar-refractivity contribution in [2.75, 3.05) is 11.3 Å². The fraction of sp³-hybridized carbons (Fsp3) is 0.417. The molecular weight excluding hydrogens is 268 g/mol. The maximum absolute atomic E-state index is 11.6. The van der Waals surface area contributed by atoms with Crippen molar-refractivity contribution in [1.82, 2.24) is 4.72 Å². The van der Waals surface area contributed by atoms with E-state index >= 15 is 0 Å². The van der Waals surface area contributed by atoms with Crippen molar-refractivity contribution in [1.29, 1.82) is 0 Å². The van der Waals surface area contributed by atoms with E-state index in [2.05, 4.69) is 9.44 Å². The first-order chi connectivity index (χ1) is 8.93. The predicted molar refractivity (Wildman–Crippen MR) is 73.2 cm³/mol. The lowest BCUT2D eigenvalue weighted by Gasteiger charge is -2.09. The van der Waals surface area contributed by atoms with Crippen LogP contribution in [0.1, 0.15) is 25.3 Å². The van der Waals surface area contributed by atoms with Gasteiger partial charge >= 0.3 is 5.97 Å². The molecule has 19 heavy (non-hydrogen) atoms. The molecule has 106 valence electrons. The second-order valence-corrected chi connectivity index (χ2v) is 5.59. The Morgan fingerprint density at radius 2 is 2.11 bits per heavy atom. The predicted octanol–water partition coefficient (Wildman–Crippen LogP) is 1.36. The van der Waals surface area contributed by atoms with E-state index in [9.17, 15) is 13.2 Å². The van der Waals surface area contributed by atoms with Gasteiger partial charge in [-0.15, -0.1) is 0 Å². The molecule has 3 N–H and O–H groups in total. The van der Waals surface area contributed by atoms with Crippen LogP contribution in [0.5, 0.6) is 0 Å². The van der Waals surface area contributed by atoms with E-state index in [-0.39, 0.29) is 6.42 Å². The van der Waals surface area contributed by atoms with Gasteiger partial charge in [0.1, 0.15) is 0 Å². The first-order valence-electron chi connectivity index (χ1n) is 6.01. The van der Waals surface area contributed by atoms with Gasteiger partial charge in [-0.1, -0.05) is 19.1 Å². The van der Waals surface area contributed by atoms with E-state index in [4.69, 9.17) is 5.11 Å². The van der Waals surface area contributed by atoms with Crippen LogP contribution in [0, 0.1) is 0 Å². The van der Waals surface area contributed by atoms with Crippen molar-refractivity contribution in [3.63, 3.8) is 0 Å². The molecule has 0 spiro atoms. The molecule has 1 aromatic carbocycles. The summed E-state index contributed by atoms with van der Waals surface area (Å²) in [6.45, 7) is 2.24. The van der Waals surface area contributed by atoms with Gasteiger partial charge in [0.2, 0.25) is 0 Å². The monoisotopic (exact) mass is 286 g/mol. The fourth-order valence-corrected chi connectivity index (χ4v) is 2.45. The molecule has 7 heteroatoms. The summed E-state index contributed by atoms with van der Waals surface area (Å²) >= 11 is 0. The molecule has 0 aliphatic rings. The summed E-state index contributed by atoms with van der Waals surface area (Å²) in [5.74, 6) is -0.879. The lowest BCUT2D eigenvalue weighted by Crippen LogP contribution is -2.30. The van der Waals surface area contributed by atoms with Crippen LogP contribution in [0.25, 0.3) is 0 Å². The van der Waals surface area contributed by atoms with Gasteiger partial charge in [0.25, 0.3) is 10.2 Å². The zero-order chi connectivity index (χ0) is 14.3. The summed E-state index contributed by atoms with van der Waals surface area (Å²) in [6.07, 6.45) is 1.09. The van der Waals surface area contributed by atoms with Crippen molar-refractivity contribution >= 4 is 21.9 Å². The number of nitrogens with one attached hydrogen (secondary N) is 2. The highest BCUT2D eigenvalue weighted by Crippen LogP contribution is 2.13. The van der Waals surface area contributed by atoms with Crippen LogP contribution in [-0.4, -0.2) is 26.0 Å². The highest BCUT2D eigenvalue weighted by atomic mass is 32.2. The Hall–Kier alpha value is -1.60. The molecule has 0 saturated carbocycles. The minimum Gasteiger partial charge on any atom is -0.481 e. The number of benzene rings is 1. The second kappa shape index (κ2) is 7.10. The minimum absolute atomic E-state index is 0.0181. The van der Waals surface area contributed by atoms with Gasteiger partial charge < -0.3 is 5.11 Å². The molecule has 0 heterocycles. The summed E-state index contributed by atoms with van der Waals surface area (Å²) in [7, 11) is -3.56. The Bertz CT molecular complexity index is 528. The molecule has 1 rings (SSSR count). The van der Waals surface area contributed by atoms with Crippen molar-refractivity contribution in [3.8, 4) is 0 Å². The van der Waals surface area contributed by atoms with E-state index in [0.29, 0.717) is 25.1 Å². The smallest absolute Gasteiger partial charge is 0.303 e. The Balaban J connectivity index is 2.68.